The second kappa shape index (κ2) is 8.77. The van der Waals surface area contributed by atoms with Crippen LogP contribution in [0.3, 0.4) is 0 Å². The molecular weight excluding hydrogens is 409 g/mol. The Labute approximate surface area is 171 Å². The number of nitrogens with one attached hydrogen (secondary N) is 2. The predicted octanol–water partition coefficient (Wildman–Crippen LogP) is 3.90. The maximum absolute atomic E-state index is 13.8. The molecule has 0 radical (unpaired) electrons. The highest BCUT2D eigenvalue weighted by molar-refractivity contribution is 5.88. The molecule has 10 heteroatoms. The summed E-state index contributed by atoms with van der Waals surface area (Å²) < 4.78 is 66.3. The lowest BCUT2D eigenvalue weighted by atomic mass is 9.76. The molecule has 2 atom stereocenters. The minimum atomic E-state index is -4.28. The molecule has 3 amide bonds. The van der Waals surface area contributed by atoms with Gasteiger partial charge in [-0.1, -0.05) is 6.07 Å². The van der Waals surface area contributed by atoms with Crippen LogP contribution in [-0.4, -0.2) is 42.1 Å². The minimum absolute atomic E-state index is 0.0905. The van der Waals surface area contributed by atoms with E-state index in [1.54, 1.807) is 6.92 Å². The van der Waals surface area contributed by atoms with Crippen LogP contribution in [0.4, 0.5) is 26.7 Å². The molecule has 2 N–H and O–H groups in total. The molecule has 166 valence electrons. The molecule has 3 rings (SSSR count). The normalized spacial score (nSPS) is 26.1. The summed E-state index contributed by atoms with van der Waals surface area (Å²) in [5, 5.41) is 5.40. The van der Waals surface area contributed by atoms with Crippen molar-refractivity contribution in [2.24, 2.45) is 11.8 Å². The quantitative estimate of drug-likeness (QED) is 0.711. The zero-order valence-corrected chi connectivity index (χ0v) is 16.4. The van der Waals surface area contributed by atoms with Gasteiger partial charge in [0.05, 0.1) is 12.0 Å². The molecular formula is C20H24F5N3O2. The second-order valence-corrected chi connectivity index (χ2v) is 7.91. The summed E-state index contributed by atoms with van der Waals surface area (Å²) in [6.45, 7) is 2.11. The number of carbonyl (C=O) groups excluding carboxylic acids is 2. The highest BCUT2D eigenvalue weighted by Crippen LogP contribution is 2.43. The zero-order valence-electron chi connectivity index (χ0n) is 16.4. The fourth-order valence-corrected chi connectivity index (χ4v) is 4.23. The molecule has 1 unspecified atom stereocenters. The molecule has 1 aliphatic carbocycles. The standard InChI is InChI=1S/C20H24F5N3O2/c1-11-18(29)26-8-9-28(11)19(30)27-17(13-4-7-15(21)16(22)10-13)12-2-5-14(6-3-12)20(23,24)25/h4,7,10-12,14,17H,2-3,5-6,8-9H2,1H3,(H,26,29)(H,27,30)/t11-,12-,14-,17?/m1/s1. The smallest absolute Gasteiger partial charge is 0.353 e. The summed E-state index contributed by atoms with van der Waals surface area (Å²) in [6, 6.07) is 1.14. The maximum Gasteiger partial charge on any atom is 0.391 e. The first-order chi connectivity index (χ1) is 14.1. The van der Waals surface area contributed by atoms with Gasteiger partial charge >= 0.3 is 12.2 Å². The van der Waals surface area contributed by atoms with Crippen molar-refractivity contribution in [1.82, 2.24) is 15.5 Å². The summed E-state index contributed by atoms with van der Waals surface area (Å²) in [5.74, 6) is -4.23. The van der Waals surface area contributed by atoms with E-state index in [9.17, 15) is 31.5 Å². The minimum Gasteiger partial charge on any atom is -0.353 e. The Hall–Kier alpha value is -2.39. The van der Waals surface area contributed by atoms with Crippen LogP contribution >= 0.6 is 0 Å². The molecule has 2 fully saturated rings. The Balaban J connectivity index is 1.80. The van der Waals surface area contributed by atoms with E-state index in [-0.39, 0.29) is 56.2 Å². The van der Waals surface area contributed by atoms with Crippen LogP contribution in [0, 0.1) is 23.5 Å². The average molecular weight is 433 g/mol. The number of alkyl halides is 3. The van der Waals surface area contributed by atoms with Crippen LogP contribution in [-0.2, 0) is 4.79 Å². The summed E-state index contributed by atoms with van der Waals surface area (Å²) >= 11 is 0. The number of carbonyl (C=O) groups is 2. The van der Waals surface area contributed by atoms with Gasteiger partial charge in [-0.2, -0.15) is 13.2 Å². The zero-order chi connectivity index (χ0) is 22.1. The summed E-state index contributed by atoms with van der Waals surface area (Å²) in [7, 11) is 0. The molecule has 30 heavy (non-hydrogen) atoms. The fraction of sp³-hybridized carbons (Fsp3) is 0.600. The Morgan fingerprint density at radius 1 is 1.17 bits per heavy atom. The third-order valence-corrected chi connectivity index (χ3v) is 6.05. The van der Waals surface area contributed by atoms with Gasteiger partial charge in [-0.3, -0.25) is 4.79 Å². The van der Waals surface area contributed by atoms with Crippen molar-refractivity contribution in [2.75, 3.05) is 13.1 Å². The van der Waals surface area contributed by atoms with Gasteiger partial charge in [0, 0.05) is 13.1 Å². The molecule has 1 aromatic rings. The van der Waals surface area contributed by atoms with Crippen LogP contribution in [0.2, 0.25) is 0 Å². The van der Waals surface area contributed by atoms with Gasteiger partial charge in [0.15, 0.2) is 11.6 Å². The third-order valence-electron chi connectivity index (χ3n) is 6.05. The van der Waals surface area contributed by atoms with E-state index in [1.807, 2.05) is 0 Å². The lowest BCUT2D eigenvalue weighted by molar-refractivity contribution is -0.184. The van der Waals surface area contributed by atoms with Gasteiger partial charge in [0.2, 0.25) is 5.91 Å². The van der Waals surface area contributed by atoms with Crippen LogP contribution in [0.25, 0.3) is 0 Å². The Morgan fingerprint density at radius 2 is 1.83 bits per heavy atom. The van der Waals surface area contributed by atoms with Crippen molar-refractivity contribution in [1.29, 1.82) is 0 Å². The Morgan fingerprint density at radius 3 is 2.43 bits per heavy atom. The molecule has 0 aromatic heterocycles. The summed E-state index contributed by atoms with van der Waals surface area (Å²) in [6.07, 6.45) is -4.09. The SMILES string of the molecule is C[C@@H]1C(=O)NCCN1C(=O)NC(c1ccc(F)c(F)c1)[C@H]1CC[C@H](C(F)(F)F)CC1. The monoisotopic (exact) mass is 433 g/mol. The van der Waals surface area contributed by atoms with Gasteiger partial charge in [-0.05, 0) is 56.2 Å². The van der Waals surface area contributed by atoms with Crippen molar-refractivity contribution in [3.63, 3.8) is 0 Å². The van der Waals surface area contributed by atoms with Gasteiger partial charge < -0.3 is 15.5 Å². The summed E-state index contributed by atoms with van der Waals surface area (Å²) in [5.41, 5.74) is 0.284. The molecule has 5 nitrogen and oxygen atoms in total. The van der Waals surface area contributed by atoms with E-state index in [2.05, 4.69) is 10.6 Å². The van der Waals surface area contributed by atoms with Crippen molar-refractivity contribution in [2.45, 2.75) is 50.9 Å². The van der Waals surface area contributed by atoms with Gasteiger partial charge in [0.25, 0.3) is 0 Å². The second-order valence-electron chi connectivity index (χ2n) is 7.91. The van der Waals surface area contributed by atoms with Crippen molar-refractivity contribution < 1.29 is 31.5 Å². The molecule has 1 aliphatic heterocycles. The van der Waals surface area contributed by atoms with Gasteiger partial charge in [-0.15, -0.1) is 0 Å². The highest BCUT2D eigenvalue weighted by atomic mass is 19.4. The predicted molar refractivity (Wildman–Crippen MR) is 98.3 cm³/mol. The fourth-order valence-electron chi connectivity index (χ4n) is 4.23. The van der Waals surface area contributed by atoms with E-state index < -0.39 is 41.8 Å². The Bertz CT molecular complexity index is 793. The average Bonchev–Trinajstić information content (AvgIpc) is 2.69. The molecule has 1 saturated carbocycles. The van der Waals surface area contributed by atoms with E-state index in [1.165, 1.54) is 11.0 Å². The van der Waals surface area contributed by atoms with E-state index in [0.717, 1.165) is 12.1 Å². The van der Waals surface area contributed by atoms with E-state index in [0.29, 0.717) is 0 Å². The number of hydrogen-bond acceptors (Lipinski definition) is 2. The molecule has 1 aromatic carbocycles. The number of amides is 3. The number of piperazine rings is 1. The molecule has 0 spiro atoms. The largest absolute Gasteiger partial charge is 0.391 e. The summed E-state index contributed by atoms with van der Waals surface area (Å²) in [4.78, 5) is 26.0. The van der Waals surface area contributed by atoms with Gasteiger partial charge in [-0.25, -0.2) is 13.6 Å². The maximum atomic E-state index is 13.8. The van der Waals surface area contributed by atoms with Crippen LogP contribution < -0.4 is 10.6 Å². The number of hydrogen-bond donors (Lipinski definition) is 2. The number of benzene rings is 1. The number of nitrogens with zero attached hydrogens (tertiary/aromatic N) is 1. The molecule has 1 saturated heterocycles. The Kier molecular flexibility index (Phi) is 6.52. The van der Waals surface area contributed by atoms with E-state index in [4.69, 9.17) is 0 Å². The third kappa shape index (κ3) is 4.84. The van der Waals surface area contributed by atoms with Crippen LogP contribution in [0.15, 0.2) is 18.2 Å². The van der Waals surface area contributed by atoms with E-state index >= 15 is 0 Å². The van der Waals surface area contributed by atoms with Crippen LogP contribution in [0.5, 0.6) is 0 Å². The number of rotatable bonds is 3. The molecule has 0 bridgehead atoms. The molecule has 2 aliphatic rings. The van der Waals surface area contributed by atoms with Gasteiger partial charge in [0.1, 0.15) is 6.04 Å². The van der Waals surface area contributed by atoms with Crippen molar-refractivity contribution in [3.8, 4) is 0 Å². The number of urea groups is 1. The lowest BCUT2D eigenvalue weighted by Gasteiger charge is -2.38. The lowest BCUT2D eigenvalue weighted by Crippen LogP contribution is -2.58. The first-order valence-electron chi connectivity index (χ1n) is 9.94. The first kappa shape index (κ1) is 22.3. The molecule has 1 heterocycles. The topological polar surface area (TPSA) is 61.4 Å². The van der Waals surface area contributed by atoms with Crippen molar-refractivity contribution in [3.05, 3.63) is 35.4 Å². The highest BCUT2D eigenvalue weighted by Gasteiger charge is 2.43. The van der Waals surface area contributed by atoms with Crippen molar-refractivity contribution >= 4 is 11.9 Å². The van der Waals surface area contributed by atoms with Crippen LogP contribution in [0.1, 0.15) is 44.2 Å². The first-order valence-corrected chi connectivity index (χ1v) is 9.94. The number of halogens is 5.